The van der Waals surface area contributed by atoms with E-state index in [9.17, 15) is 9.59 Å². The van der Waals surface area contributed by atoms with Gasteiger partial charge in [0.25, 0.3) is 5.91 Å². The predicted octanol–water partition coefficient (Wildman–Crippen LogP) is 7.21. The number of aromatic amines is 1. The molecule has 2 aromatic rings. The van der Waals surface area contributed by atoms with Crippen molar-refractivity contribution < 1.29 is 14.3 Å². The fourth-order valence-electron chi connectivity index (χ4n) is 3.88. The summed E-state index contributed by atoms with van der Waals surface area (Å²) in [5.74, 6) is 1.13. The van der Waals surface area contributed by atoms with Crippen molar-refractivity contribution in [3.63, 3.8) is 0 Å². The molecule has 0 fully saturated rings. The van der Waals surface area contributed by atoms with Crippen LogP contribution in [0.3, 0.4) is 0 Å². The molecule has 35 heavy (non-hydrogen) atoms. The highest BCUT2D eigenvalue weighted by atomic mass is 16.5. The highest BCUT2D eigenvalue weighted by Crippen LogP contribution is 2.38. The third-order valence-corrected chi connectivity index (χ3v) is 7.22. The number of nitrogens with one attached hydrogen (secondary N) is 2. The average molecular weight is 483 g/mol. The highest BCUT2D eigenvalue weighted by molar-refractivity contribution is 6.00. The van der Waals surface area contributed by atoms with Crippen LogP contribution in [-0.4, -0.2) is 29.8 Å². The molecule has 2 rings (SSSR count). The van der Waals surface area contributed by atoms with E-state index in [0.29, 0.717) is 36.7 Å². The lowest BCUT2D eigenvalue weighted by molar-refractivity contribution is 0.0947. The lowest BCUT2D eigenvalue weighted by atomic mass is 9.76. The van der Waals surface area contributed by atoms with Crippen LogP contribution in [0.2, 0.25) is 0 Å². The molecule has 0 unspecified atom stereocenters. The summed E-state index contributed by atoms with van der Waals surface area (Å²) in [4.78, 5) is 27.5. The monoisotopic (exact) mass is 482 g/mol. The van der Waals surface area contributed by atoms with Crippen molar-refractivity contribution in [3.8, 4) is 5.75 Å². The molecule has 1 aromatic heterocycles. The number of carbonyl (C=O) groups excluding carboxylic acids is 2. The van der Waals surface area contributed by atoms with Gasteiger partial charge < -0.3 is 15.0 Å². The Morgan fingerprint density at radius 2 is 1.69 bits per heavy atom. The minimum Gasteiger partial charge on any atom is -0.493 e. The van der Waals surface area contributed by atoms with Crippen LogP contribution in [0.1, 0.15) is 119 Å². The maximum Gasteiger partial charge on any atom is 0.267 e. The molecule has 1 heterocycles. The van der Waals surface area contributed by atoms with Crippen LogP contribution < -0.4 is 10.1 Å². The van der Waals surface area contributed by atoms with Crippen molar-refractivity contribution >= 4 is 11.7 Å². The van der Waals surface area contributed by atoms with E-state index in [1.54, 1.807) is 12.3 Å². The number of rotatable bonds is 14. The van der Waals surface area contributed by atoms with Gasteiger partial charge in [-0.2, -0.15) is 0 Å². The Kier molecular flexibility index (Phi) is 10.2. The molecule has 1 aromatic carbocycles. The van der Waals surface area contributed by atoms with Gasteiger partial charge in [-0.3, -0.25) is 9.59 Å². The quantitative estimate of drug-likeness (QED) is 0.221. The fraction of sp³-hybridized carbons (Fsp3) is 0.600. The summed E-state index contributed by atoms with van der Waals surface area (Å²) in [6.45, 7) is 18.8. The molecule has 5 nitrogen and oxygen atoms in total. The van der Waals surface area contributed by atoms with E-state index < -0.39 is 0 Å². The first kappa shape index (κ1) is 28.7. The number of hydrogen-bond acceptors (Lipinski definition) is 3. The molecule has 0 radical (unpaired) electrons. The smallest absolute Gasteiger partial charge is 0.267 e. The van der Waals surface area contributed by atoms with E-state index in [1.807, 2.05) is 13.8 Å². The van der Waals surface area contributed by atoms with Gasteiger partial charge in [-0.1, -0.05) is 67.5 Å². The average Bonchev–Trinajstić information content (AvgIpc) is 3.31. The van der Waals surface area contributed by atoms with Crippen LogP contribution in [0, 0.1) is 5.92 Å². The number of ether oxygens (including phenoxy) is 1. The van der Waals surface area contributed by atoms with Gasteiger partial charge in [0.1, 0.15) is 11.4 Å². The molecule has 0 bridgehead atoms. The second kappa shape index (κ2) is 12.4. The van der Waals surface area contributed by atoms with Gasteiger partial charge in [0.2, 0.25) is 0 Å². The van der Waals surface area contributed by atoms with Gasteiger partial charge in [0, 0.05) is 30.3 Å². The number of amides is 1. The van der Waals surface area contributed by atoms with Crippen molar-refractivity contribution in [2.75, 3.05) is 13.2 Å². The Hall–Kier alpha value is -2.56. The van der Waals surface area contributed by atoms with Crippen molar-refractivity contribution in [2.45, 2.75) is 98.3 Å². The molecule has 0 atom stereocenters. The van der Waals surface area contributed by atoms with E-state index in [1.165, 1.54) is 11.1 Å². The third-order valence-electron chi connectivity index (χ3n) is 7.22. The molecule has 0 aliphatic carbocycles. The van der Waals surface area contributed by atoms with E-state index in [-0.39, 0.29) is 22.5 Å². The Morgan fingerprint density at radius 3 is 2.31 bits per heavy atom. The van der Waals surface area contributed by atoms with E-state index in [0.717, 1.165) is 31.4 Å². The minimum absolute atomic E-state index is 0.0363. The van der Waals surface area contributed by atoms with Crippen molar-refractivity contribution in [1.29, 1.82) is 0 Å². The summed E-state index contributed by atoms with van der Waals surface area (Å²) in [5.41, 5.74) is 3.78. The molecular formula is C30H46N2O3. The highest BCUT2D eigenvalue weighted by Gasteiger charge is 2.26. The van der Waals surface area contributed by atoms with Crippen molar-refractivity contribution in [1.82, 2.24) is 10.3 Å². The van der Waals surface area contributed by atoms with Crippen molar-refractivity contribution in [3.05, 3.63) is 52.8 Å². The summed E-state index contributed by atoms with van der Waals surface area (Å²) >= 11 is 0. The Bertz CT molecular complexity index is 985. The predicted molar refractivity (Wildman–Crippen MR) is 145 cm³/mol. The first-order valence-corrected chi connectivity index (χ1v) is 13.2. The molecule has 1 amide bonds. The largest absolute Gasteiger partial charge is 0.493 e. The first-order valence-electron chi connectivity index (χ1n) is 13.2. The van der Waals surface area contributed by atoms with Gasteiger partial charge in [-0.15, -0.1) is 0 Å². The zero-order valence-electron chi connectivity index (χ0n) is 23.1. The molecule has 0 spiro atoms. The standard InChI is InChI=1S/C30H46N2O3/c1-9-29(5,6)23-13-14-27(24(19-23)30(7,8)10-2)35-16-12-11-15-31-28(34)25-18-22(20-32-25)26(33)17-21(3)4/h13-14,18-21,32H,9-12,15-17H2,1-8H3,(H,31,34). The summed E-state index contributed by atoms with van der Waals surface area (Å²) in [6.07, 6.45) is 5.89. The zero-order valence-corrected chi connectivity index (χ0v) is 23.1. The molecule has 0 saturated carbocycles. The second-order valence-corrected chi connectivity index (χ2v) is 11.3. The number of Topliss-reactive ketones (excluding diaryl/α,β-unsaturated/α-hetero) is 1. The fourth-order valence-corrected chi connectivity index (χ4v) is 3.88. The summed E-state index contributed by atoms with van der Waals surface area (Å²) < 4.78 is 6.22. The number of unbranched alkanes of at least 4 members (excludes halogenated alkanes) is 1. The number of hydrogen-bond donors (Lipinski definition) is 2. The summed E-state index contributed by atoms with van der Waals surface area (Å²) in [7, 11) is 0. The maximum atomic E-state index is 12.4. The van der Waals surface area contributed by atoms with Crippen molar-refractivity contribution in [2.24, 2.45) is 5.92 Å². The van der Waals surface area contributed by atoms with E-state index in [4.69, 9.17) is 4.74 Å². The SMILES string of the molecule is CCC(C)(C)c1ccc(OCCCCNC(=O)c2cc(C(=O)CC(C)C)c[nH]2)c(C(C)(C)CC)c1. The maximum absolute atomic E-state index is 12.4. The summed E-state index contributed by atoms with van der Waals surface area (Å²) in [5, 5.41) is 2.93. The van der Waals surface area contributed by atoms with Crippen LogP contribution in [0.15, 0.2) is 30.5 Å². The van der Waals surface area contributed by atoms with Gasteiger partial charge in [0.05, 0.1) is 6.61 Å². The molecule has 5 heteroatoms. The molecule has 0 aliphatic rings. The topological polar surface area (TPSA) is 71.2 Å². The second-order valence-electron chi connectivity index (χ2n) is 11.3. The molecule has 194 valence electrons. The third kappa shape index (κ3) is 7.98. The number of ketones is 1. The Balaban J connectivity index is 1.87. The van der Waals surface area contributed by atoms with Crippen LogP contribution in [-0.2, 0) is 10.8 Å². The van der Waals surface area contributed by atoms with Gasteiger partial charge in [-0.05, 0) is 60.1 Å². The number of H-pyrrole nitrogens is 1. The molecule has 0 aliphatic heterocycles. The molecule has 2 N–H and O–H groups in total. The number of carbonyl (C=O) groups is 2. The van der Waals surface area contributed by atoms with E-state index >= 15 is 0 Å². The molecule has 0 saturated heterocycles. The minimum atomic E-state index is -0.185. The lowest BCUT2D eigenvalue weighted by Gasteiger charge is -2.30. The lowest BCUT2D eigenvalue weighted by Crippen LogP contribution is -2.25. The Labute approximate surface area is 212 Å². The normalized spacial score (nSPS) is 12.1. The number of aromatic nitrogens is 1. The number of benzene rings is 1. The van der Waals surface area contributed by atoms with Crippen LogP contribution >= 0.6 is 0 Å². The van der Waals surface area contributed by atoms with Crippen LogP contribution in [0.25, 0.3) is 0 Å². The summed E-state index contributed by atoms with van der Waals surface area (Å²) in [6, 6.07) is 8.30. The van der Waals surface area contributed by atoms with E-state index in [2.05, 4.69) is 70.0 Å². The first-order chi connectivity index (χ1) is 16.4. The van der Waals surface area contributed by atoms with Crippen LogP contribution in [0.5, 0.6) is 5.75 Å². The molecular weight excluding hydrogens is 436 g/mol. The van der Waals surface area contributed by atoms with Gasteiger partial charge in [-0.25, -0.2) is 0 Å². The van der Waals surface area contributed by atoms with Crippen LogP contribution in [0.4, 0.5) is 0 Å². The Morgan fingerprint density at radius 1 is 1.00 bits per heavy atom. The zero-order chi connectivity index (χ0) is 26.2. The van der Waals surface area contributed by atoms with Gasteiger partial charge in [0.15, 0.2) is 5.78 Å². The van der Waals surface area contributed by atoms with Gasteiger partial charge >= 0.3 is 0 Å².